The molecule has 0 aromatic heterocycles. The van der Waals surface area contributed by atoms with Gasteiger partial charge in [0.25, 0.3) is 0 Å². The van der Waals surface area contributed by atoms with Crippen LogP contribution in [0.2, 0.25) is 0 Å². The molecule has 0 saturated heterocycles. The second kappa shape index (κ2) is 4.06. The van der Waals surface area contributed by atoms with E-state index >= 15 is 0 Å². The van der Waals surface area contributed by atoms with Crippen LogP contribution in [0, 0.1) is 11.3 Å². The Kier molecular flexibility index (Phi) is 2.72. The van der Waals surface area contributed by atoms with E-state index in [0.29, 0.717) is 17.7 Å². The Morgan fingerprint density at radius 2 is 1.94 bits per heavy atom. The van der Waals surface area contributed by atoms with E-state index in [0.717, 1.165) is 5.56 Å². The average Bonchev–Trinajstić information content (AvgIpc) is 2.26. The summed E-state index contributed by atoms with van der Waals surface area (Å²) in [5.41, 5.74) is 0.954. The van der Waals surface area contributed by atoms with Crippen molar-refractivity contribution in [1.29, 1.82) is 5.26 Å². The first-order valence-electron chi connectivity index (χ1n) is 5.44. The van der Waals surface area contributed by atoms with E-state index in [1.54, 1.807) is 24.3 Å². The highest BCUT2D eigenvalue weighted by Gasteiger charge is 2.29. The van der Waals surface area contributed by atoms with Crippen LogP contribution in [-0.2, 0) is 9.53 Å². The molecule has 86 valence electrons. The Balaban J connectivity index is 2.33. The summed E-state index contributed by atoms with van der Waals surface area (Å²) in [5, 5.41) is 8.71. The third kappa shape index (κ3) is 2.54. The Morgan fingerprint density at radius 3 is 2.47 bits per heavy atom. The number of benzene rings is 1. The molecule has 1 heterocycles. The lowest BCUT2D eigenvalue weighted by Crippen LogP contribution is -2.30. The molecule has 0 saturated carbocycles. The van der Waals surface area contributed by atoms with Gasteiger partial charge < -0.3 is 4.74 Å². The van der Waals surface area contributed by atoms with Gasteiger partial charge >= 0.3 is 0 Å². The van der Waals surface area contributed by atoms with Crippen molar-refractivity contribution in [2.75, 3.05) is 0 Å². The molecule has 0 bridgehead atoms. The Morgan fingerprint density at radius 1 is 1.29 bits per heavy atom. The topological polar surface area (TPSA) is 50.1 Å². The minimum absolute atomic E-state index is 0.0700. The molecule has 0 fully saturated rings. The number of carbonyl (C=O) groups excluding carboxylic acids is 1. The molecule has 3 nitrogen and oxygen atoms in total. The van der Waals surface area contributed by atoms with Gasteiger partial charge in [-0.2, -0.15) is 5.26 Å². The third-order valence-electron chi connectivity index (χ3n) is 2.58. The van der Waals surface area contributed by atoms with Crippen LogP contribution >= 0.6 is 0 Å². The summed E-state index contributed by atoms with van der Waals surface area (Å²) in [7, 11) is 0. The Bertz CT molecular complexity index is 518. The second-order valence-corrected chi connectivity index (χ2v) is 4.70. The normalized spacial score (nSPS) is 17.9. The monoisotopic (exact) mass is 227 g/mol. The van der Waals surface area contributed by atoms with Gasteiger partial charge in [-0.25, -0.2) is 0 Å². The molecule has 0 N–H and O–H groups in total. The number of hydrogen-bond acceptors (Lipinski definition) is 3. The Hall–Kier alpha value is -2.08. The van der Waals surface area contributed by atoms with Crippen molar-refractivity contribution in [1.82, 2.24) is 0 Å². The summed E-state index contributed by atoms with van der Waals surface area (Å²) in [6, 6.07) is 9.06. The summed E-state index contributed by atoms with van der Waals surface area (Å²) in [4.78, 5) is 11.6. The predicted molar refractivity (Wildman–Crippen MR) is 63.9 cm³/mol. The summed E-state index contributed by atoms with van der Waals surface area (Å²) in [5.74, 6) is 0.649. The van der Waals surface area contributed by atoms with Gasteiger partial charge in [0.2, 0.25) is 0 Å². The van der Waals surface area contributed by atoms with Crippen molar-refractivity contribution in [3.63, 3.8) is 0 Å². The third-order valence-corrected chi connectivity index (χ3v) is 2.58. The molecule has 3 heteroatoms. The Labute approximate surface area is 100 Å². The molecule has 17 heavy (non-hydrogen) atoms. The number of carbonyl (C=O) groups is 1. The number of nitrogens with zero attached hydrogens (tertiary/aromatic N) is 1. The molecule has 0 atom stereocenters. The highest BCUT2D eigenvalue weighted by Crippen LogP contribution is 2.30. The lowest BCUT2D eigenvalue weighted by atomic mass is 9.96. The molecule has 0 spiro atoms. The van der Waals surface area contributed by atoms with Gasteiger partial charge in [0.15, 0.2) is 5.78 Å². The zero-order valence-electron chi connectivity index (χ0n) is 9.86. The number of rotatable bonds is 1. The second-order valence-electron chi connectivity index (χ2n) is 4.70. The minimum Gasteiger partial charge on any atom is -0.487 e. The van der Waals surface area contributed by atoms with Crippen molar-refractivity contribution in [3.8, 4) is 6.07 Å². The number of nitriles is 1. The highest BCUT2D eigenvalue weighted by molar-refractivity contribution is 5.97. The highest BCUT2D eigenvalue weighted by atomic mass is 16.5. The van der Waals surface area contributed by atoms with Crippen molar-refractivity contribution in [3.05, 3.63) is 41.5 Å². The molecule has 0 unspecified atom stereocenters. The lowest BCUT2D eigenvalue weighted by molar-refractivity contribution is -0.119. The number of ketones is 1. The fourth-order valence-corrected chi connectivity index (χ4v) is 1.83. The van der Waals surface area contributed by atoms with Crippen LogP contribution in [0.5, 0.6) is 0 Å². The first-order chi connectivity index (χ1) is 8.00. The molecule has 0 amide bonds. The molecule has 1 aromatic carbocycles. The molecule has 2 rings (SSSR count). The SMILES string of the molecule is CC1(C)CC(=O)C=C(c2ccc(C#N)cc2)O1. The maximum absolute atomic E-state index is 11.6. The van der Waals surface area contributed by atoms with Crippen molar-refractivity contribution in [2.45, 2.75) is 25.9 Å². The summed E-state index contributed by atoms with van der Waals surface area (Å²) >= 11 is 0. The van der Waals surface area contributed by atoms with Crippen LogP contribution in [0.15, 0.2) is 30.3 Å². The van der Waals surface area contributed by atoms with E-state index in [1.165, 1.54) is 6.08 Å². The van der Waals surface area contributed by atoms with Crippen molar-refractivity contribution >= 4 is 11.5 Å². The van der Waals surface area contributed by atoms with Gasteiger partial charge in [-0.05, 0) is 38.1 Å². The summed E-state index contributed by atoms with van der Waals surface area (Å²) in [6.07, 6.45) is 1.92. The van der Waals surface area contributed by atoms with Gasteiger partial charge in [-0.3, -0.25) is 4.79 Å². The molecule has 1 aliphatic heterocycles. The van der Waals surface area contributed by atoms with Crippen LogP contribution in [0.1, 0.15) is 31.4 Å². The van der Waals surface area contributed by atoms with Gasteiger partial charge in [-0.1, -0.05) is 0 Å². The van der Waals surface area contributed by atoms with Crippen molar-refractivity contribution in [2.24, 2.45) is 0 Å². The van der Waals surface area contributed by atoms with Crippen LogP contribution in [0.4, 0.5) is 0 Å². The van der Waals surface area contributed by atoms with Crippen LogP contribution in [-0.4, -0.2) is 11.4 Å². The summed E-state index contributed by atoms with van der Waals surface area (Å²) < 4.78 is 5.76. The van der Waals surface area contributed by atoms with E-state index in [4.69, 9.17) is 10.00 Å². The van der Waals surface area contributed by atoms with Gasteiger partial charge in [0.05, 0.1) is 11.6 Å². The van der Waals surface area contributed by atoms with E-state index < -0.39 is 5.60 Å². The molecule has 0 aliphatic carbocycles. The molecular weight excluding hydrogens is 214 g/mol. The standard InChI is InChI=1S/C14H13NO2/c1-14(2)8-12(16)7-13(17-14)11-5-3-10(9-15)4-6-11/h3-7H,8H2,1-2H3. The maximum atomic E-state index is 11.6. The quantitative estimate of drug-likeness (QED) is 0.741. The number of ether oxygens (including phenoxy) is 1. The van der Waals surface area contributed by atoms with E-state index in [9.17, 15) is 4.79 Å². The van der Waals surface area contributed by atoms with Gasteiger partial charge in [0, 0.05) is 18.1 Å². The number of allylic oxidation sites excluding steroid dienone is 1. The fraction of sp³-hybridized carbons (Fsp3) is 0.286. The fourth-order valence-electron chi connectivity index (χ4n) is 1.83. The maximum Gasteiger partial charge on any atom is 0.163 e. The lowest BCUT2D eigenvalue weighted by Gasteiger charge is -2.30. The molecular formula is C14H13NO2. The molecule has 1 aromatic rings. The van der Waals surface area contributed by atoms with Crippen LogP contribution in [0.25, 0.3) is 5.76 Å². The largest absolute Gasteiger partial charge is 0.487 e. The molecule has 1 aliphatic rings. The molecule has 0 radical (unpaired) electrons. The van der Waals surface area contributed by atoms with Gasteiger partial charge in [-0.15, -0.1) is 0 Å². The van der Waals surface area contributed by atoms with E-state index in [2.05, 4.69) is 6.07 Å². The number of hydrogen-bond donors (Lipinski definition) is 0. The van der Waals surface area contributed by atoms with Gasteiger partial charge in [0.1, 0.15) is 11.4 Å². The first-order valence-corrected chi connectivity index (χ1v) is 5.44. The van der Waals surface area contributed by atoms with E-state index in [-0.39, 0.29) is 5.78 Å². The van der Waals surface area contributed by atoms with E-state index in [1.807, 2.05) is 13.8 Å². The zero-order valence-corrected chi connectivity index (χ0v) is 9.86. The first kappa shape index (κ1) is 11.4. The zero-order chi connectivity index (χ0) is 12.5. The average molecular weight is 227 g/mol. The van der Waals surface area contributed by atoms with Crippen LogP contribution < -0.4 is 0 Å². The summed E-state index contributed by atoms with van der Waals surface area (Å²) in [6.45, 7) is 3.78. The van der Waals surface area contributed by atoms with Crippen molar-refractivity contribution < 1.29 is 9.53 Å². The smallest absolute Gasteiger partial charge is 0.163 e. The van der Waals surface area contributed by atoms with Crippen LogP contribution in [0.3, 0.4) is 0 Å². The predicted octanol–water partition coefficient (Wildman–Crippen LogP) is 2.67. The minimum atomic E-state index is -0.463.